The molecule has 0 unspecified atom stereocenters. The minimum Gasteiger partial charge on any atom is -0.301 e. The van der Waals surface area contributed by atoms with Gasteiger partial charge in [0, 0.05) is 5.25 Å². The maximum absolute atomic E-state index is 11.6. The molecule has 2 N–H and O–H groups in total. The lowest BCUT2D eigenvalue weighted by Gasteiger charge is -2.05. The van der Waals surface area contributed by atoms with Crippen LogP contribution in [0.2, 0.25) is 0 Å². The predicted octanol–water partition coefficient (Wildman–Crippen LogP) is 1.54. The van der Waals surface area contributed by atoms with E-state index in [9.17, 15) is 4.79 Å². The summed E-state index contributed by atoms with van der Waals surface area (Å²) in [7, 11) is 0. The number of hydrogen-bond acceptors (Lipinski definition) is 4. The molecule has 0 bridgehead atoms. The average molecular weight is 224 g/mol. The largest absolute Gasteiger partial charge is 0.301 e. The number of H-pyrrole nitrogens is 2. The topological polar surface area (TPSA) is 74.4 Å². The van der Waals surface area contributed by atoms with Crippen molar-refractivity contribution in [2.24, 2.45) is 0 Å². The van der Waals surface area contributed by atoms with Crippen LogP contribution in [0.1, 0.15) is 20.3 Å². The van der Waals surface area contributed by atoms with E-state index >= 15 is 0 Å². The SMILES string of the molecule is CC[C@H](C)Sc1nc2[nH]ncc2c(=O)[nH]1. The molecule has 0 fully saturated rings. The molecular formula is C9H12N4OS. The van der Waals surface area contributed by atoms with Crippen LogP contribution in [0.4, 0.5) is 0 Å². The molecule has 80 valence electrons. The highest BCUT2D eigenvalue weighted by Crippen LogP contribution is 2.20. The third-order valence-corrected chi connectivity index (χ3v) is 3.34. The Morgan fingerprint density at radius 1 is 1.60 bits per heavy atom. The molecule has 0 radical (unpaired) electrons. The van der Waals surface area contributed by atoms with Crippen LogP contribution in [0.5, 0.6) is 0 Å². The Morgan fingerprint density at radius 3 is 3.13 bits per heavy atom. The van der Waals surface area contributed by atoms with Gasteiger partial charge >= 0.3 is 0 Å². The highest BCUT2D eigenvalue weighted by Gasteiger charge is 2.08. The Morgan fingerprint density at radius 2 is 2.40 bits per heavy atom. The molecule has 2 rings (SSSR count). The normalized spacial score (nSPS) is 13.2. The monoisotopic (exact) mass is 224 g/mol. The van der Waals surface area contributed by atoms with Crippen LogP contribution in [0, 0.1) is 0 Å². The van der Waals surface area contributed by atoms with E-state index < -0.39 is 0 Å². The van der Waals surface area contributed by atoms with Gasteiger partial charge in [-0.1, -0.05) is 25.6 Å². The summed E-state index contributed by atoms with van der Waals surface area (Å²) < 4.78 is 0. The van der Waals surface area contributed by atoms with Crippen molar-refractivity contribution >= 4 is 22.8 Å². The fraction of sp³-hybridized carbons (Fsp3) is 0.444. The smallest absolute Gasteiger partial charge is 0.262 e. The Bertz CT molecular complexity index is 518. The van der Waals surface area contributed by atoms with Crippen LogP contribution < -0.4 is 5.56 Å². The van der Waals surface area contributed by atoms with E-state index in [1.54, 1.807) is 11.8 Å². The van der Waals surface area contributed by atoms with Gasteiger partial charge in [0.1, 0.15) is 5.39 Å². The zero-order chi connectivity index (χ0) is 10.8. The minimum atomic E-state index is -0.139. The third-order valence-electron chi connectivity index (χ3n) is 2.19. The number of fused-ring (bicyclic) bond motifs is 1. The molecule has 2 aromatic rings. The number of hydrogen-bond donors (Lipinski definition) is 2. The molecule has 0 aliphatic rings. The molecule has 5 nitrogen and oxygen atoms in total. The number of aromatic amines is 2. The molecular weight excluding hydrogens is 212 g/mol. The van der Waals surface area contributed by atoms with Gasteiger partial charge in [0.25, 0.3) is 5.56 Å². The van der Waals surface area contributed by atoms with Gasteiger partial charge in [-0.15, -0.1) is 0 Å². The van der Waals surface area contributed by atoms with Gasteiger partial charge in [-0.05, 0) is 6.42 Å². The molecule has 2 heterocycles. The van der Waals surface area contributed by atoms with E-state index in [0.29, 0.717) is 21.4 Å². The standard InChI is InChI=1S/C9H12N4OS/c1-3-5(2)15-9-11-7-6(4-10-13-7)8(14)12-9/h4-5H,3H2,1-2H3,(H2,10,11,12,13,14)/t5-/m0/s1. The fourth-order valence-corrected chi connectivity index (χ4v) is 2.00. The second kappa shape index (κ2) is 4.06. The lowest BCUT2D eigenvalue weighted by atomic mass is 10.4. The van der Waals surface area contributed by atoms with Crippen LogP contribution in [0.3, 0.4) is 0 Å². The molecule has 0 aromatic carbocycles. The van der Waals surface area contributed by atoms with Crippen molar-refractivity contribution in [1.82, 2.24) is 20.2 Å². The first-order chi connectivity index (χ1) is 7.20. The second-order valence-corrected chi connectivity index (χ2v) is 4.77. The Labute approximate surface area is 90.7 Å². The number of thioether (sulfide) groups is 1. The molecule has 1 atom stereocenters. The average Bonchev–Trinajstić information content (AvgIpc) is 2.66. The highest BCUT2D eigenvalue weighted by atomic mass is 32.2. The summed E-state index contributed by atoms with van der Waals surface area (Å²) in [5.41, 5.74) is 0.407. The van der Waals surface area contributed by atoms with Gasteiger partial charge < -0.3 is 4.98 Å². The molecule has 0 saturated heterocycles. The van der Waals surface area contributed by atoms with Gasteiger partial charge in [-0.2, -0.15) is 5.10 Å². The number of nitrogens with zero attached hydrogens (tertiary/aromatic N) is 2. The van der Waals surface area contributed by atoms with Crippen molar-refractivity contribution in [3.05, 3.63) is 16.6 Å². The van der Waals surface area contributed by atoms with Gasteiger partial charge in [-0.3, -0.25) is 9.89 Å². The van der Waals surface area contributed by atoms with E-state index in [1.807, 2.05) is 0 Å². The molecule has 0 aliphatic heterocycles. The molecule has 2 aromatic heterocycles. The Balaban J connectivity index is 2.41. The van der Waals surface area contributed by atoms with E-state index in [4.69, 9.17) is 0 Å². The quantitative estimate of drug-likeness (QED) is 0.612. The van der Waals surface area contributed by atoms with Crippen LogP contribution in [0.25, 0.3) is 11.0 Å². The van der Waals surface area contributed by atoms with Gasteiger partial charge in [0.15, 0.2) is 10.8 Å². The van der Waals surface area contributed by atoms with Crippen molar-refractivity contribution in [1.29, 1.82) is 0 Å². The summed E-state index contributed by atoms with van der Waals surface area (Å²) in [6, 6.07) is 0. The lowest BCUT2D eigenvalue weighted by Crippen LogP contribution is -2.09. The summed E-state index contributed by atoms with van der Waals surface area (Å²) in [6.45, 7) is 4.20. The zero-order valence-corrected chi connectivity index (χ0v) is 9.39. The molecule has 0 amide bonds. The van der Waals surface area contributed by atoms with Crippen molar-refractivity contribution in [2.45, 2.75) is 30.7 Å². The van der Waals surface area contributed by atoms with Crippen molar-refractivity contribution in [3.63, 3.8) is 0 Å². The maximum atomic E-state index is 11.6. The molecule has 0 spiro atoms. The second-order valence-electron chi connectivity index (χ2n) is 3.34. The third kappa shape index (κ3) is 2.04. The maximum Gasteiger partial charge on any atom is 0.262 e. The number of rotatable bonds is 3. The van der Waals surface area contributed by atoms with Crippen LogP contribution in [-0.4, -0.2) is 25.4 Å². The summed E-state index contributed by atoms with van der Waals surface area (Å²) in [6.07, 6.45) is 2.52. The first-order valence-electron chi connectivity index (χ1n) is 4.80. The van der Waals surface area contributed by atoms with Crippen LogP contribution in [-0.2, 0) is 0 Å². The fourth-order valence-electron chi connectivity index (χ4n) is 1.15. The molecule has 15 heavy (non-hydrogen) atoms. The van der Waals surface area contributed by atoms with Crippen molar-refractivity contribution < 1.29 is 0 Å². The van der Waals surface area contributed by atoms with Gasteiger partial charge in [0.2, 0.25) is 0 Å². The van der Waals surface area contributed by atoms with Crippen LogP contribution in [0.15, 0.2) is 16.1 Å². The molecule has 6 heteroatoms. The van der Waals surface area contributed by atoms with Crippen molar-refractivity contribution in [2.75, 3.05) is 0 Å². The Kier molecular flexibility index (Phi) is 2.77. The number of nitrogens with one attached hydrogen (secondary N) is 2. The van der Waals surface area contributed by atoms with Crippen molar-refractivity contribution in [3.8, 4) is 0 Å². The first-order valence-corrected chi connectivity index (χ1v) is 5.68. The summed E-state index contributed by atoms with van der Waals surface area (Å²) in [5.74, 6) is 0. The lowest BCUT2D eigenvalue weighted by molar-refractivity contribution is 0.884. The predicted molar refractivity (Wildman–Crippen MR) is 60.1 cm³/mol. The number of aromatic nitrogens is 4. The van der Waals surface area contributed by atoms with Gasteiger partial charge in [-0.25, -0.2) is 4.98 Å². The Hall–Kier alpha value is -1.30. The molecule has 0 saturated carbocycles. The highest BCUT2D eigenvalue weighted by molar-refractivity contribution is 7.99. The molecule has 0 aliphatic carbocycles. The summed E-state index contributed by atoms with van der Waals surface area (Å²) >= 11 is 1.56. The van der Waals surface area contributed by atoms with E-state index in [2.05, 4.69) is 34.0 Å². The van der Waals surface area contributed by atoms with Gasteiger partial charge in [0.05, 0.1) is 6.20 Å². The first kappa shape index (κ1) is 10.2. The minimum absolute atomic E-state index is 0.139. The van der Waals surface area contributed by atoms with E-state index in [1.165, 1.54) is 6.20 Å². The van der Waals surface area contributed by atoms with Crippen LogP contribution >= 0.6 is 11.8 Å². The van der Waals surface area contributed by atoms with E-state index in [-0.39, 0.29) is 5.56 Å². The summed E-state index contributed by atoms with van der Waals surface area (Å²) in [5, 5.41) is 8.07. The van der Waals surface area contributed by atoms with E-state index in [0.717, 1.165) is 6.42 Å². The zero-order valence-electron chi connectivity index (χ0n) is 8.57. The summed E-state index contributed by atoms with van der Waals surface area (Å²) in [4.78, 5) is 18.6.